The summed E-state index contributed by atoms with van der Waals surface area (Å²) in [5, 5.41) is 8.60. The van der Waals surface area contributed by atoms with Gasteiger partial charge in [-0.05, 0) is 20.3 Å². The Balaban J connectivity index is 2.45. The van der Waals surface area contributed by atoms with Gasteiger partial charge in [-0.1, -0.05) is 0 Å². The van der Waals surface area contributed by atoms with Crippen molar-refractivity contribution < 1.29 is 9.53 Å². The first-order chi connectivity index (χ1) is 5.14. The smallest absolute Gasteiger partial charge is 0.310 e. The topological polar surface area (TPSA) is 50.1 Å². The Morgan fingerprint density at radius 3 is 2.91 bits per heavy atom. The molecule has 1 fully saturated rings. The number of carbonyl (C=O) groups is 1. The number of nitriles is 1. The van der Waals surface area contributed by atoms with Crippen molar-refractivity contribution in [1.82, 2.24) is 0 Å². The number of carbonyl (C=O) groups excluding carboxylic acids is 1. The maximum absolute atomic E-state index is 11.0. The predicted octanol–water partition coefficient (Wildman–Crippen LogP) is 1.10. The van der Waals surface area contributed by atoms with E-state index >= 15 is 0 Å². The van der Waals surface area contributed by atoms with E-state index in [1.165, 1.54) is 0 Å². The van der Waals surface area contributed by atoms with Crippen molar-refractivity contribution in [3.8, 4) is 6.07 Å². The van der Waals surface area contributed by atoms with Crippen LogP contribution in [-0.2, 0) is 9.53 Å². The lowest BCUT2D eigenvalue weighted by Crippen LogP contribution is -2.10. The van der Waals surface area contributed by atoms with Crippen LogP contribution >= 0.6 is 0 Å². The van der Waals surface area contributed by atoms with Gasteiger partial charge in [0, 0.05) is 0 Å². The molecular formula is C8H11NO2. The Hall–Kier alpha value is -1.04. The molecule has 0 saturated heterocycles. The van der Waals surface area contributed by atoms with E-state index in [0.29, 0.717) is 13.0 Å². The van der Waals surface area contributed by atoms with Crippen molar-refractivity contribution >= 4 is 5.97 Å². The molecule has 60 valence electrons. The molecule has 1 saturated carbocycles. The first-order valence-corrected chi connectivity index (χ1v) is 3.72. The first kappa shape index (κ1) is 8.06. The van der Waals surface area contributed by atoms with E-state index in [-0.39, 0.29) is 11.9 Å². The Kier molecular flexibility index (Phi) is 1.86. The number of rotatable bonds is 2. The molecule has 1 aliphatic carbocycles. The van der Waals surface area contributed by atoms with Gasteiger partial charge in [0.05, 0.1) is 24.0 Å². The third kappa shape index (κ3) is 1.35. The maximum atomic E-state index is 11.0. The van der Waals surface area contributed by atoms with Crippen LogP contribution in [0.1, 0.15) is 20.3 Å². The van der Waals surface area contributed by atoms with Gasteiger partial charge in [-0.2, -0.15) is 5.26 Å². The second-order valence-electron chi connectivity index (χ2n) is 3.04. The molecule has 1 aliphatic rings. The fourth-order valence-electron chi connectivity index (χ4n) is 1.07. The summed E-state index contributed by atoms with van der Waals surface area (Å²) in [5.74, 6) is -0.399. The molecule has 0 aromatic heterocycles. The molecule has 0 aromatic carbocycles. The van der Waals surface area contributed by atoms with Crippen molar-refractivity contribution in [2.75, 3.05) is 6.61 Å². The first-order valence-electron chi connectivity index (χ1n) is 3.72. The van der Waals surface area contributed by atoms with Gasteiger partial charge >= 0.3 is 5.97 Å². The van der Waals surface area contributed by atoms with Gasteiger partial charge in [0.15, 0.2) is 0 Å². The van der Waals surface area contributed by atoms with Crippen LogP contribution in [0.2, 0.25) is 0 Å². The van der Waals surface area contributed by atoms with Crippen molar-refractivity contribution in [2.45, 2.75) is 20.3 Å². The van der Waals surface area contributed by atoms with E-state index in [2.05, 4.69) is 6.07 Å². The van der Waals surface area contributed by atoms with Gasteiger partial charge in [-0.25, -0.2) is 0 Å². The molecule has 0 aliphatic heterocycles. The second-order valence-corrected chi connectivity index (χ2v) is 3.04. The van der Waals surface area contributed by atoms with Crippen LogP contribution in [-0.4, -0.2) is 12.6 Å². The van der Waals surface area contributed by atoms with E-state index in [9.17, 15) is 4.79 Å². The second kappa shape index (κ2) is 2.54. The van der Waals surface area contributed by atoms with Crippen LogP contribution in [0.5, 0.6) is 0 Å². The van der Waals surface area contributed by atoms with E-state index in [1.807, 2.05) is 0 Å². The van der Waals surface area contributed by atoms with Gasteiger partial charge in [0.1, 0.15) is 0 Å². The van der Waals surface area contributed by atoms with Crippen LogP contribution in [0.25, 0.3) is 0 Å². The molecule has 2 atom stereocenters. The molecular weight excluding hydrogens is 142 g/mol. The third-order valence-electron chi connectivity index (χ3n) is 2.06. The Labute approximate surface area is 66.0 Å². The summed E-state index contributed by atoms with van der Waals surface area (Å²) >= 11 is 0. The number of ether oxygens (including phenoxy) is 1. The van der Waals surface area contributed by atoms with Crippen molar-refractivity contribution in [2.24, 2.45) is 11.3 Å². The number of hydrogen-bond donors (Lipinski definition) is 0. The summed E-state index contributed by atoms with van der Waals surface area (Å²) in [4.78, 5) is 11.0. The van der Waals surface area contributed by atoms with Crippen LogP contribution < -0.4 is 0 Å². The highest BCUT2D eigenvalue weighted by atomic mass is 16.5. The third-order valence-corrected chi connectivity index (χ3v) is 2.06. The molecule has 3 heteroatoms. The summed E-state index contributed by atoms with van der Waals surface area (Å²) in [6.45, 7) is 3.95. The SMILES string of the molecule is CCOC(=O)[C@@H]1C[C@@]1(C)C#N. The van der Waals surface area contributed by atoms with Crippen molar-refractivity contribution in [1.29, 1.82) is 5.26 Å². The molecule has 0 aromatic rings. The van der Waals surface area contributed by atoms with Gasteiger partial charge in [-0.3, -0.25) is 4.79 Å². The van der Waals surface area contributed by atoms with E-state index < -0.39 is 5.41 Å². The lowest BCUT2D eigenvalue weighted by Gasteiger charge is -2.00. The molecule has 3 nitrogen and oxygen atoms in total. The molecule has 0 heterocycles. The number of nitrogens with zero attached hydrogens (tertiary/aromatic N) is 1. The molecule has 0 unspecified atom stereocenters. The van der Waals surface area contributed by atoms with Crippen LogP contribution in [0.15, 0.2) is 0 Å². The molecule has 1 rings (SSSR count). The average molecular weight is 153 g/mol. The van der Waals surface area contributed by atoms with Gasteiger partial charge in [0.25, 0.3) is 0 Å². The van der Waals surface area contributed by atoms with Gasteiger partial charge < -0.3 is 4.74 Å². The zero-order valence-electron chi connectivity index (χ0n) is 6.76. The zero-order valence-corrected chi connectivity index (χ0v) is 6.76. The molecule has 0 radical (unpaired) electrons. The van der Waals surface area contributed by atoms with Crippen LogP contribution in [0.4, 0.5) is 0 Å². The lowest BCUT2D eigenvalue weighted by molar-refractivity contribution is -0.145. The average Bonchev–Trinajstić information content (AvgIpc) is 2.65. The lowest BCUT2D eigenvalue weighted by atomic mass is 10.1. The Morgan fingerprint density at radius 1 is 1.91 bits per heavy atom. The fourth-order valence-corrected chi connectivity index (χ4v) is 1.07. The molecule has 0 N–H and O–H groups in total. The van der Waals surface area contributed by atoms with E-state index in [0.717, 1.165) is 0 Å². The molecule has 0 amide bonds. The minimum Gasteiger partial charge on any atom is -0.466 e. The fraction of sp³-hybridized carbons (Fsp3) is 0.750. The van der Waals surface area contributed by atoms with Crippen LogP contribution in [0.3, 0.4) is 0 Å². The monoisotopic (exact) mass is 153 g/mol. The Bertz CT molecular complexity index is 219. The van der Waals surface area contributed by atoms with Gasteiger partial charge in [-0.15, -0.1) is 0 Å². The highest BCUT2D eigenvalue weighted by molar-refractivity contribution is 5.77. The summed E-state index contributed by atoms with van der Waals surface area (Å²) < 4.78 is 4.77. The summed E-state index contributed by atoms with van der Waals surface area (Å²) in [7, 11) is 0. The summed E-state index contributed by atoms with van der Waals surface area (Å²) in [5.41, 5.74) is -0.438. The van der Waals surface area contributed by atoms with Crippen molar-refractivity contribution in [3.63, 3.8) is 0 Å². The van der Waals surface area contributed by atoms with E-state index in [4.69, 9.17) is 10.00 Å². The predicted molar refractivity (Wildman–Crippen MR) is 38.5 cm³/mol. The van der Waals surface area contributed by atoms with Gasteiger partial charge in [0.2, 0.25) is 0 Å². The largest absolute Gasteiger partial charge is 0.466 e. The highest BCUT2D eigenvalue weighted by Gasteiger charge is 2.56. The van der Waals surface area contributed by atoms with E-state index in [1.54, 1.807) is 13.8 Å². The van der Waals surface area contributed by atoms with Crippen molar-refractivity contribution in [3.05, 3.63) is 0 Å². The zero-order chi connectivity index (χ0) is 8.48. The minimum atomic E-state index is -0.438. The maximum Gasteiger partial charge on any atom is 0.310 e. The molecule has 0 spiro atoms. The normalized spacial score (nSPS) is 34.1. The standard InChI is InChI=1S/C8H11NO2/c1-3-11-7(10)6-4-8(6,2)5-9/h6H,3-4H2,1-2H3/t6-,8-/m0/s1. The van der Waals surface area contributed by atoms with Crippen LogP contribution in [0, 0.1) is 22.7 Å². The summed E-state index contributed by atoms with van der Waals surface area (Å²) in [6, 6.07) is 2.10. The highest BCUT2D eigenvalue weighted by Crippen LogP contribution is 2.52. The number of esters is 1. The molecule has 0 bridgehead atoms. The quantitative estimate of drug-likeness (QED) is 0.558. The summed E-state index contributed by atoms with van der Waals surface area (Å²) in [6.07, 6.45) is 0.655. The molecule has 11 heavy (non-hydrogen) atoms. The Morgan fingerprint density at radius 2 is 2.55 bits per heavy atom. The minimum absolute atomic E-state index is 0.174. The number of hydrogen-bond acceptors (Lipinski definition) is 3.